The lowest BCUT2D eigenvalue weighted by atomic mass is 10.2. The van der Waals surface area contributed by atoms with Crippen LogP contribution in [0.15, 0.2) is 24.3 Å². The van der Waals surface area contributed by atoms with Gasteiger partial charge in [0.1, 0.15) is 5.75 Å². The van der Waals surface area contributed by atoms with Crippen molar-refractivity contribution in [1.29, 1.82) is 0 Å². The highest BCUT2D eigenvalue weighted by molar-refractivity contribution is 5.78. The van der Waals surface area contributed by atoms with Crippen LogP contribution in [0.25, 0.3) is 0 Å². The summed E-state index contributed by atoms with van der Waals surface area (Å²) in [5.74, 6) is 0.644. The van der Waals surface area contributed by atoms with E-state index >= 15 is 0 Å². The van der Waals surface area contributed by atoms with Gasteiger partial charge < -0.3 is 15.4 Å². The molecule has 1 aromatic rings. The van der Waals surface area contributed by atoms with Crippen LogP contribution in [0.3, 0.4) is 0 Å². The molecule has 0 radical (unpaired) electrons. The second-order valence-corrected chi connectivity index (χ2v) is 4.86. The van der Waals surface area contributed by atoms with Crippen LogP contribution < -0.4 is 15.4 Å². The molecule has 2 amide bonds. The van der Waals surface area contributed by atoms with Crippen LogP contribution in [0.2, 0.25) is 0 Å². The first-order valence-corrected chi connectivity index (χ1v) is 6.84. The summed E-state index contributed by atoms with van der Waals surface area (Å²) in [4.78, 5) is 24.3. The van der Waals surface area contributed by atoms with Gasteiger partial charge in [0.2, 0.25) is 11.8 Å². The predicted octanol–water partition coefficient (Wildman–Crippen LogP) is 0.379. The van der Waals surface area contributed by atoms with Crippen molar-refractivity contribution in [1.82, 2.24) is 15.5 Å². The Balaban J connectivity index is 2.30. The number of likely N-dealkylation sites (N-methyl/N-ethyl adjacent to an activating group) is 1. The van der Waals surface area contributed by atoms with E-state index in [4.69, 9.17) is 4.74 Å². The maximum absolute atomic E-state index is 11.7. The van der Waals surface area contributed by atoms with Crippen molar-refractivity contribution in [2.45, 2.75) is 13.5 Å². The number of hydrogen-bond acceptors (Lipinski definition) is 4. The van der Waals surface area contributed by atoms with E-state index in [0.717, 1.165) is 11.3 Å². The van der Waals surface area contributed by atoms with E-state index in [1.807, 2.05) is 36.2 Å². The fourth-order valence-electron chi connectivity index (χ4n) is 1.88. The maximum Gasteiger partial charge on any atom is 0.234 e. The van der Waals surface area contributed by atoms with Crippen LogP contribution in [-0.4, -0.2) is 50.5 Å². The highest BCUT2D eigenvalue weighted by atomic mass is 16.5. The zero-order chi connectivity index (χ0) is 15.7. The SMILES string of the molecule is COc1cccc(CN(C)CC(=O)NCCNC(C)=O)c1. The third-order valence-corrected chi connectivity index (χ3v) is 2.82. The molecule has 6 heteroatoms. The standard InChI is InChI=1S/C15H23N3O3/c1-12(19)16-7-8-17-15(20)11-18(2)10-13-5-4-6-14(9-13)21-3/h4-6,9H,7-8,10-11H2,1-3H3,(H,16,19)(H,17,20). The van der Waals surface area contributed by atoms with Crippen LogP contribution in [0.5, 0.6) is 5.75 Å². The minimum Gasteiger partial charge on any atom is -0.497 e. The van der Waals surface area contributed by atoms with Crippen molar-refractivity contribution in [2.24, 2.45) is 0 Å². The maximum atomic E-state index is 11.7. The van der Waals surface area contributed by atoms with Gasteiger partial charge >= 0.3 is 0 Å². The molecule has 0 aromatic heterocycles. The smallest absolute Gasteiger partial charge is 0.234 e. The summed E-state index contributed by atoms with van der Waals surface area (Å²) in [6.45, 7) is 3.30. The predicted molar refractivity (Wildman–Crippen MR) is 81.0 cm³/mol. The molecule has 0 aliphatic rings. The fraction of sp³-hybridized carbons (Fsp3) is 0.467. The number of carbonyl (C=O) groups excluding carboxylic acids is 2. The molecule has 1 aromatic carbocycles. The number of nitrogens with one attached hydrogen (secondary N) is 2. The van der Waals surface area contributed by atoms with E-state index in [9.17, 15) is 9.59 Å². The van der Waals surface area contributed by atoms with Gasteiger partial charge in [0, 0.05) is 26.6 Å². The number of carbonyl (C=O) groups is 2. The molecule has 0 heterocycles. The third-order valence-electron chi connectivity index (χ3n) is 2.82. The number of amides is 2. The second-order valence-electron chi connectivity index (χ2n) is 4.86. The Labute approximate surface area is 125 Å². The first-order chi connectivity index (χ1) is 10.0. The molecular formula is C15H23N3O3. The van der Waals surface area contributed by atoms with Gasteiger partial charge in [-0.3, -0.25) is 14.5 Å². The number of hydrogen-bond donors (Lipinski definition) is 2. The normalized spacial score (nSPS) is 10.3. The van der Waals surface area contributed by atoms with Crippen molar-refractivity contribution in [3.63, 3.8) is 0 Å². The Morgan fingerprint density at radius 3 is 2.62 bits per heavy atom. The molecule has 21 heavy (non-hydrogen) atoms. The number of benzene rings is 1. The van der Waals surface area contributed by atoms with E-state index < -0.39 is 0 Å². The van der Waals surface area contributed by atoms with Gasteiger partial charge in [-0.1, -0.05) is 12.1 Å². The molecule has 0 fully saturated rings. The molecule has 0 aliphatic carbocycles. The molecule has 0 atom stereocenters. The Bertz CT molecular complexity index is 477. The lowest BCUT2D eigenvalue weighted by Gasteiger charge is -2.16. The number of ether oxygens (including phenoxy) is 1. The number of methoxy groups -OCH3 is 1. The molecule has 0 aliphatic heterocycles. The topological polar surface area (TPSA) is 70.7 Å². The van der Waals surface area contributed by atoms with Crippen molar-refractivity contribution in [3.8, 4) is 5.75 Å². The molecule has 0 bridgehead atoms. The minimum atomic E-state index is -0.0978. The highest BCUT2D eigenvalue weighted by Crippen LogP contribution is 2.13. The van der Waals surface area contributed by atoms with Crippen molar-refractivity contribution >= 4 is 11.8 Å². The summed E-state index contributed by atoms with van der Waals surface area (Å²) >= 11 is 0. The summed E-state index contributed by atoms with van der Waals surface area (Å²) in [6, 6.07) is 7.76. The highest BCUT2D eigenvalue weighted by Gasteiger charge is 2.07. The average molecular weight is 293 g/mol. The van der Waals surface area contributed by atoms with Crippen molar-refractivity contribution in [2.75, 3.05) is 33.8 Å². The fourth-order valence-corrected chi connectivity index (χ4v) is 1.88. The van der Waals surface area contributed by atoms with E-state index in [-0.39, 0.29) is 11.8 Å². The monoisotopic (exact) mass is 293 g/mol. The van der Waals surface area contributed by atoms with Crippen molar-refractivity contribution < 1.29 is 14.3 Å². The lowest BCUT2D eigenvalue weighted by Crippen LogP contribution is -2.38. The molecule has 116 valence electrons. The number of rotatable bonds is 8. The van der Waals surface area contributed by atoms with E-state index in [1.54, 1.807) is 7.11 Å². The van der Waals surface area contributed by atoms with Crippen LogP contribution in [0, 0.1) is 0 Å². The lowest BCUT2D eigenvalue weighted by molar-refractivity contribution is -0.122. The molecule has 0 unspecified atom stereocenters. The van der Waals surface area contributed by atoms with Gasteiger partial charge in [-0.2, -0.15) is 0 Å². The largest absolute Gasteiger partial charge is 0.497 e. The van der Waals surface area contributed by atoms with Gasteiger partial charge in [0.05, 0.1) is 13.7 Å². The van der Waals surface area contributed by atoms with E-state index in [0.29, 0.717) is 26.2 Å². The zero-order valence-electron chi connectivity index (χ0n) is 12.8. The molecule has 1 rings (SSSR count). The Morgan fingerprint density at radius 1 is 1.24 bits per heavy atom. The van der Waals surface area contributed by atoms with E-state index in [2.05, 4.69) is 10.6 Å². The molecular weight excluding hydrogens is 270 g/mol. The van der Waals surface area contributed by atoms with Gasteiger partial charge in [-0.15, -0.1) is 0 Å². The van der Waals surface area contributed by atoms with Crippen molar-refractivity contribution in [3.05, 3.63) is 29.8 Å². The molecule has 0 spiro atoms. The zero-order valence-corrected chi connectivity index (χ0v) is 12.8. The molecule has 0 saturated heterocycles. The van der Waals surface area contributed by atoms with Gasteiger partial charge in [0.15, 0.2) is 0 Å². The summed E-state index contributed by atoms with van der Waals surface area (Å²) in [5, 5.41) is 5.38. The van der Waals surface area contributed by atoms with Crippen LogP contribution in [0.1, 0.15) is 12.5 Å². The first-order valence-electron chi connectivity index (χ1n) is 6.84. The molecule has 0 saturated carbocycles. The summed E-state index contributed by atoms with van der Waals surface area (Å²) in [6.07, 6.45) is 0. The van der Waals surface area contributed by atoms with Crippen LogP contribution >= 0.6 is 0 Å². The Hall–Kier alpha value is -2.08. The first kappa shape index (κ1) is 17.0. The average Bonchev–Trinajstić information content (AvgIpc) is 2.43. The van der Waals surface area contributed by atoms with Crippen LogP contribution in [-0.2, 0) is 16.1 Å². The quantitative estimate of drug-likeness (QED) is 0.680. The van der Waals surface area contributed by atoms with Gasteiger partial charge in [0.25, 0.3) is 0 Å². The van der Waals surface area contributed by atoms with Gasteiger partial charge in [-0.25, -0.2) is 0 Å². The summed E-state index contributed by atoms with van der Waals surface area (Å²) in [5.41, 5.74) is 1.09. The summed E-state index contributed by atoms with van der Waals surface area (Å²) < 4.78 is 5.17. The Kier molecular flexibility index (Phi) is 7.25. The van der Waals surface area contributed by atoms with E-state index in [1.165, 1.54) is 6.92 Å². The second kappa shape index (κ2) is 8.97. The third kappa shape index (κ3) is 7.31. The van der Waals surface area contributed by atoms with Gasteiger partial charge in [-0.05, 0) is 24.7 Å². The molecule has 6 nitrogen and oxygen atoms in total. The van der Waals surface area contributed by atoms with Crippen LogP contribution in [0.4, 0.5) is 0 Å². The Morgan fingerprint density at radius 2 is 1.95 bits per heavy atom. The number of nitrogens with zero attached hydrogens (tertiary/aromatic N) is 1. The summed E-state index contributed by atoms with van der Waals surface area (Å²) in [7, 11) is 3.51. The molecule has 2 N–H and O–H groups in total. The minimum absolute atomic E-state index is 0.0641.